The van der Waals surface area contributed by atoms with Crippen LogP contribution in [0.4, 0.5) is 5.69 Å². The molecule has 20 heavy (non-hydrogen) atoms. The molecule has 1 aromatic carbocycles. The van der Waals surface area contributed by atoms with Gasteiger partial charge in [-0.15, -0.1) is 11.3 Å². The summed E-state index contributed by atoms with van der Waals surface area (Å²) >= 11 is 14.7. The molecule has 2 heterocycles. The third kappa shape index (κ3) is 2.62. The molecule has 1 unspecified atom stereocenters. The fourth-order valence-corrected chi connectivity index (χ4v) is 4.16. The number of aliphatic imine (C=N–C) groups is 1. The van der Waals surface area contributed by atoms with Gasteiger partial charge < -0.3 is 10.6 Å². The molecule has 0 spiro atoms. The van der Waals surface area contributed by atoms with Crippen LogP contribution in [0.5, 0.6) is 0 Å². The van der Waals surface area contributed by atoms with Crippen LogP contribution < -0.4 is 10.6 Å². The molecule has 2 N–H and O–H groups in total. The first-order valence-electron chi connectivity index (χ1n) is 5.85. The molecule has 3 rings (SSSR count). The highest BCUT2D eigenvalue weighted by atomic mass is 79.9. The lowest BCUT2D eigenvalue weighted by atomic mass is 10.2. The summed E-state index contributed by atoms with van der Waals surface area (Å²) in [6.07, 6.45) is 0. The fourth-order valence-electron chi connectivity index (χ4n) is 2.17. The maximum absolute atomic E-state index is 6.05. The molecule has 3 nitrogen and oxygen atoms in total. The Labute approximate surface area is 142 Å². The summed E-state index contributed by atoms with van der Waals surface area (Å²) in [5.74, 6) is 0.536. The maximum atomic E-state index is 6.05. The SMILES string of the molecule is NC1=NCC(c2ccc(Br)s2)N1c1ccc(Cl)c(Br)c1. The van der Waals surface area contributed by atoms with Crippen molar-refractivity contribution in [3.05, 3.63) is 48.5 Å². The Kier molecular flexibility index (Phi) is 4.08. The molecule has 1 aliphatic heterocycles. The largest absolute Gasteiger partial charge is 0.369 e. The van der Waals surface area contributed by atoms with E-state index in [4.69, 9.17) is 17.3 Å². The molecule has 0 aliphatic carbocycles. The molecule has 0 fully saturated rings. The highest BCUT2D eigenvalue weighted by Gasteiger charge is 2.30. The van der Waals surface area contributed by atoms with Crippen molar-refractivity contribution in [2.45, 2.75) is 6.04 Å². The molecule has 0 saturated carbocycles. The minimum atomic E-state index is 0.138. The van der Waals surface area contributed by atoms with Crippen LogP contribution in [0.15, 0.2) is 43.6 Å². The lowest BCUT2D eigenvalue weighted by molar-refractivity contribution is 0.784. The van der Waals surface area contributed by atoms with Crippen LogP contribution in [0.3, 0.4) is 0 Å². The Morgan fingerprint density at radius 2 is 2.10 bits per heavy atom. The van der Waals surface area contributed by atoms with Crippen LogP contribution in [-0.2, 0) is 0 Å². The Balaban J connectivity index is 1.99. The molecule has 1 aromatic heterocycles. The second kappa shape index (κ2) is 5.67. The van der Waals surface area contributed by atoms with Gasteiger partial charge in [-0.25, -0.2) is 0 Å². The van der Waals surface area contributed by atoms with Gasteiger partial charge in [0.25, 0.3) is 0 Å². The molecule has 1 aliphatic rings. The number of nitrogens with zero attached hydrogens (tertiary/aromatic N) is 2. The lowest BCUT2D eigenvalue weighted by Crippen LogP contribution is -2.35. The van der Waals surface area contributed by atoms with Gasteiger partial charge in [0.1, 0.15) is 0 Å². The van der Waals surface area contributed by atoms with Crippen molar-refractivity contribution < 1.29 is 0 Å². The predicted octanol–water partition coefficient (Wildman–Crippen LogP) is 4.80. The van der Waals surface area contributed by atoms with Crippen molar-refractivity contribution >= 4 is 66.4 Å². The summed E-state index contributed by atoms with van der Waals surface area (Å²) in [6, 6.07) is 10.1. The van der Waals surface area contributed by atoms with Crippen molar-refractivity contribution in [1.29, 1.82) is 0 Å². The Hall–Kier alpha value is -0.560. The molecule has 104 valence electrons. The topological polar surface area (TPSA) is 41.6 Å². The number of benzene rings is 1. The van der Waals surface area contributed by atoms with E-state index in [0.717, 1.165) is 13.9 Å². The molecular formula is C13H10Br2ClN3S. The first kappa shape index (κ1) is 14.4. The molecule has 7 heteroatoms. The van der Waals surface area contributed by atoms with E-state index in [-0.39, 0.29) is 6.04 Å². The number of thiophene rings is 1. The first-order chi connectivity index (χ1) is 9.56. The minimum Gasteiger partial charge on any atom is -0.369 e. The van der Waals surface area contributed by atoms with E-state index in [0.29, 0.717) is 17.5 Å². The molecule has 0 amide bonds. The van der Waals surface area contributed by atoms with Gasteiger partial charge in [0.15, 0.2) is 5.96 Å². The third-order valence-corrected chi connectivity index (χ3v) is 6.03. The quantitative estimate of drug-likeness (QED) is 0.736. The Morgan fingerprint density at radius 3 is 2.75 bits per heavy atom. The predicted molar refractivity (Wildman–Crippen MR) is 92.9 cm³/mol. The van der Waals surface area contributed by atoms with E-state index in [1.807, 2.05) is 29.2 Å². The zero-order chi connectivity index (χ0) is 14.3. The van der Waals surface area contributed by atoms with Crippen molar-refractivity contribution in [1.82, 2.24) is 0 Å². The van der Waals surface area contributed by atoms with E-state index in [1.165, 1.54) is 4.88 Å². The Morgan fingerprint density at radius 1 is 1.30 bits per heavy atom. The smallest absolute Gasteiger partial charge is 0.196 e. The minimum absolute atomic E-state index is 0.138. The van der Waals surface area contributed by atoms with Crippen LogP contribution in [-0.4, -0.2) is 12.5 Å². The van der Waals surface area contributed by atoms with Crippen molar-refractivity contribution in [3.8, 4) is 0 Å². The standard InChI is InChI=1S/C13H10Br2ClN3S/c14-8-5-7(1-2-9(8)16)19-10(6-18-13(19)17)11-3-4-12(15)20-11/h1-5,10H,6H2,(H2,17,18). The van der Waals surface area contributed by atoms with Gasteiger partial charge in [0.05, 0.1) is 21.4 Å². The lowest BCUT2D eigenvalue weighted by Gasteiger charge is -2.25. The number of hydrogen-bond donors (Lipinski definition) is 1. The number of halogens is 3. The number of rotatable bonds is 2. The summed E-state index contributed by atoms with van der Waals surface area (Å²) in [5.41, 5.74) is 7.04. The number of nitrogens with two attached hydrogens (primary N) is 1. The summed E-state index contributed by atoms with van der Waals surface area (Å²) in [7, 11) is 0. The van der Waals surface area contributed by atoms with Crippen LogP contribution >= 0.6 is 54.8 Å². The zero-order valence-electron chi connectivity index (χ0n) is 10.2. The molecule has 0 saturated heterocycles. The first-order valence-corrected chi connectivity index (χ1v) is 8.64. The highest BCUT2D eigenvalue weighted by molar-refractivity contribution is 9.11. The van der Waals surface area contributed by atoms with E-state index < -0.39 is 0 Å². The number of hydrogen-bond acceptors (Lipinski definition) is 4. The van der Waals surface area contributed by atoms with E-state index in [9.17, 15) is 0 Å². The van der Waals surface area contributed by atoms with Crippen LogP contribution in [0.25, 0.3) is 0 Å². The fraction of sp³-hybridized carbons (Fsp3) is 0.154. The van der Waals surface area contributed by atoms with Crippen LogP contribution in [0, 0.1) is 0 Å². The van der Waals surface area contributed by atoms with Crippen molar-refractivity contribution in [2.24, 2.45) is 10.7 Å². The van der Waals surface area contributed by atoms with E-state index in [2.05, 4.69) is 42.9 Å². The summed E-state index contributed by atoms with van der Waals surface area (Å²) in [4.78, 5) is 7.65. The van der Waals surface area contributed by atoms with Gasteiger partial charge >= 0.3 is 0 Å². The van der Waals surface area contributed by atoms with Gasteiger partial charge in [-0.2, -0.15) is 0 Å². The average molecular weight is 436 g/mol. The van der Waals surface area contributed by atoms with Gasteiger partial charge in [-0.1, -0.05) is 11.6 Å². The number of guanidine groups is 1. The van der Waals surface area contributed by atoms with Crippen molar-refractivity contribution in [3.63, 3.8) is 0 Å². The van der Waals surface area contributed by atoms with E-state index in [1.54, 1.807) is 11.3 Å². The van der Waals surface area contributed by atoms with Gasteiger partial charge in [-0.05, 0) is 62.2 Å². The second-order valence-corrected chi connectivity index (χ2v) is 8.08. The normalized spacial score (nSPS) is 18.4. The van der Waals surface area contributed by atoms with Crippen LogP contribution in [0.2, 0.25) is 5.02 Å². The van der Waals surface area contributed by atoms with Gasteiger partial charge in [-0.3, -0.25) is 4.99 Å². The monoisotopic (exact) mass is 433 g/mol. The molecular weight excluding hydrogens is 425 g/mol. The zero-order valence-corrected chi connectivity index (χ0v) is 14.9. The van der Waals surface area contributed by atoms with E-state index >= 15 is 0 Å². The third-order valence-electron chi connectivity index (χ3n) is 3.09. The molecule has 2 aromatic rings. The summed E-state index contributed by atoms with van der Waals surface area (Å²) in [5, 5.41) is 0.680. The van der Waals surface area contributed by atoms with Crippen molar-refractivity contribution in [2.75, 3.05) is 11.4 Å². The van der Waals surface area contributed by atoms with Gasteiger partial charge in [0, 0.05) is 15.0 Å². The molecule has 0 radical (unpaired) electrons. The summed E-state index contributed by atoms with van der Waals surface area (Å²) in [6.45, 7) is 0.666. The van der Waals surface area contributed by atoms with Gasteiger partial charge in [0.2, 0.25) is 0 Å². The maximum Gasteiger partial charge on any atom is 0.196 e. The molecule has 1 atom stereocenters. The van der Waals surface area contributed by atoms with Crippen LogP contribution in [0.1, 0.15) is 10.9 Å². The second-order valence-electron chi connectivity index (χ2n) is 4.32. The number of anilines is 1. The molecule has 0 bridgehead atoms. The Bertz CT molecular complexity index is 686. The average Bonchev–Trinajstić information content (AvgIpc) is 2.99. The highest BCUT2D eigenvalue weighted by Crippen LogP contribution is 2.37. The summed E-state index contributed by atoms with van der Waals surface area (Å²) < 4.78 is 1.96.